The Balaban J connectivity index is 1.33. The maximum atomic E-state index is 15.6. The molecule has 0 bridgehead atoms. The molecule has 0 unspecified atom stereocenters. The van der Waals surface area contributed by atoms with Gasteiger partial charge in [0.1, 0.15) is 5.82 Å². The minimum atomic E-state index is -0.335. The van der Waals surface area contributed by atoms with Gasteiger partial charge in [0, 0.05) is 38.7 Å². The van der Waals surface area contributed by atoms with Crippen LogP contribution in [0.4, 0.5) is 4.39 Å². The maximum absolute atomic E-state index is 15.6. The van der Waals surface area contributed by atoms with Gasteiger partial charge in [-0.1, -0.05) is 127 Å². The van der Waals surface area contributed by atoms with Crippen LogP contribution in [0.3, 0.4) is 0 Å². The van der Waals surface area contributed by atoms with Gasteiger partial charge in [-0.25, -0.2) is 19.3 Å². The zero-order valence-corrected chi connectivity index (χ0v) is 27.8. The first-order chi connectivity index (χ1) is 25.6. The van der Waals surface area contributed by atoms with Crippen molar-refractivity contribution in [2.75, 3.05) is 0 Å². The lowest BCUT2D eigenvalue weighted by Crippen LogP contribution is -2.03. The number of halogens is 1. The van der Waals surface area contributed by atoms with E-state index in [-0.39, 0.29) is 5.82 Å². The highest BCUT2D eigenvalue weighted by Crippen LogP contribution is 2.39. The standard InChI is InChI=1S/C46H28FN5/c47-41-20-9-7-18-37(41)36-25-23-35(28-40(36)46-50-44(31-13-3-1-4-14-31)49-45(51-46)32-15-5-2-6-16-32)52-42-21-10-8-19-38(42)39-24-22-34(27-43(39)52)33-17-11-12-30(26-33)29-48/h1-28H. The second-order valence-electron chi connectivity index (χ2n) is 12.5. The van der Waals surface area contributed by atoms with E-state index in [1.165, 1.54) is 6.07 Å². The molecule has 0 saturated carbocycles. The molecule has 5 nitrogen and oxygen atoms in total. The van der Waals surface area contributed by atoms with E-state index in [2.05, 4.69) is 47.0 Å². The first-order valence-electron chi connectivity index (χ1n) is 16.9. The second-order valence-corrected chi connectivity index (χ2v) is 12.5. The molecule has 9 rings (SSSR count). The molecule has 0 aliphatic carbocycles. The minimum absolute atomic E-state index is 0.335. The lowest BCUT2D eigenvalue weighted by molar-refractivity contribution is 0.631. The summed E-state index contributed by atoms with van der Waals surface area (Å²) in [6, 6.07) is 57.1. The zero-order chi connectivity index (χ0) is 35.0. The molecule has 2 aromatic heterocycles. The van der Waals surface area contributed by atoms with Crippen LogP contribution in [-0.4, -0.2) is 19.5 Å². The Labute approximate surface area is 299 Å². The van der Waals surface area contributed by atoms with Crippen LogP contribution in [0.2, 0.25) is 0 Å². The van der Waals surface area contributed by atoms with Crippen molar-refractivity contribution in [3.8, 4) is 68.2 Å². The van der Waals surface area contributed by atoms with Crippen molar-refractivity contribution in [2.24, 2.45) is 0 Å². The normalized spacial score (nSPS) is 11.2. The fourth-order valence-corrected chi connectivity index (χ4v) is 6.90. The topological polar surface area (TPSA) is 67.4 Å². The number of rotatable bonds is 6. The van der Waals surface area contributed by atoms with E-state index in [9.17, 15) is 5.26 Å². The van der Waals surface area contributed by atoms with Crippen molar-refractivity contribution in [1.82, 2.24) is 19.5 Å². The predicted molar refractivity (Wildman–Crippen MR) is 206 cm³/mol. The summed E-state index contributed by atoms with van der Waals surface area (Å²) in [5.41, 5.74) is 8.94. The summed E-state index contributed by atoms with van der Waals surface area (Å²) in [6.07, 6.45) is 0. The molecular formula is C46H28FN5. The fourth-order valence-electron chi connectivity index (χ4n) is 6.90. The Morgan fingerprint density at radius 3 is 1.79 bits per heavy atom. The molecule has 9 aromatic rings. The molecule has 0 aliphatic rings. The molecule has 0 N–H and O–H groups in total. The summed E-state index contributed by atoms with van der Waals surface area (Å²) in [5, 5.41) is 11.8. The molecule has 0 atom stereocenters. The van der Waals surface area contributed by atoms with Crippen LogP contribution in [0.15, 0.2) is 170 Å². The molecule has 7 aromatic carbocycles. The van der Waals surface area contributed by atoms with E-state index < -0.39 is 0 Å². The summed E-state index contributed by atoms with van der Waals surface area (Å²) in [4.78, 5) is 15.0. The third-order valence-electron chi connectivity index (χ3n) is 9.36. The highest BCUT2D eigenvalue weighted by molar-refractivity contribution is 6.10. The maximum Gasteiger partial charge on any atom is 0.164 e. The minimum Gasteiger partial charge on any atom is -0.309 e. The quantitative estimate of drug-likeness (QED) is 0.177. The third-order valence-corrected chi connectivity index (χ3v) is 9.36. The van der Waals surface area contributed by atoms with Gasteiger partial charge in [0.25, 0.3) is 0 Å². The fraction of sp³-hybridized carbons (Fsp3) is 0. The van der Waals surface area contributed by atoms with Gasteiger partial charge in [0.2, 0.25) is 0 Å². The summed E-state index contributed by atoms with van der Waals surface area (Å²) >= 11 is 0. The summed E-state index contributed by atoms with van der Waals surface area (Å²) in [7, 11) is 0. The van der Waals surface area contributed by atoms with Crippen LogP contribution in [0, 0.1) is 17.1 Å². The molecule has 0 fully saturated rings. The summed E-state index contributed by atoms with van der Waals surface area (Å²) in [6.45, 7) is 0. The molecule has 0 radical (unpaired) electrons. The van der Waals surface area contributed by atoms with Crippen LogP contribution < -0.4 is 0 Å². The predicted octanol–water partition coefficient (Wildman–Crippen LogP) is 11.3. The van der Waals surface area contributed by atoms with E-state index in [0.717, 1.165) is 49.7 Å². The average Bonchev–Trinajstić information content (AvgIpc) is 3.55. The molecule has 52 heavy (non-hydrogen) atoms. The highest BCUT2D eigenvalue weighted by Gasteiger charge is 2.20. The van der Waals surface area contributed by atoms with E-state index in [0.29, 0.717) is 39.7 Å². The number of aromatic nitrogens is 4. The monoisotopic (exact) mass is 669 g/mol. The van der Waals surface area contributed by atoms with E-state index in [1.54, 1.807) is 12.1 Å². The van der Waals surface area contributed by atoms with Gasteiger partial charge in [-0.2, -0.15) is 5.26 Å². The van der Waals surface area contributed by atoms with E-state index >= 15 is 4.39 Å². The van der Waals surface area contributed by atoms with Gasteiger partial charge < -0.3 is 4.57 Å². The molecule has 0 amide bonds. The van der Waals surface area contributed by atoms with Crippen LogP contribution in [0.1, 0.15) is 5.56 Å². The Morgan fingerprint density at radius 2 is 1.06 bits per heavy atom. The van der Waals surface area contributed by atoms with Crippen molar-refractivity contribution >= 4 is 21.8 Å². The molecule has 0 aliphatic heterocycles. The average molecular weight is 670 g/mol. The number of benzene rings is 7. The SMILES string of the molecule is N#Cc1cccc(-c2ccc3c4ccccc4n(-c4ccc(-c5ccccc5F)c(-c5nc(-c6ccccc6)nc(-c6ccccc6)n5)c4)c3c2)c1. The van der Waals surface area contributed by atoms with Crippen LogP contribution in [0.25, 0.3) is 83.9 Å². The number of hydrogen-bond acceptors (Lipinski definition) is 4. The number of hydrogen-bond donors (Lipinski definition) is 0. The van der Waals surface area contributed by atoms with Gasteiger partial charge in [-0.15, -0.1) is 0 Å². The van der Waals surface area contributed by atoms with Gasteiger partial charge in [-0.3, -0.25) is 0 Å². The number of para-hydroxylation sites is 1. The van der Waals surface area contributed by atoms with Crippen molar-refractivity contribution in [2.45, 2.75) is 0 Å². The van der Waals surface area contributed by atoms with Crippen molar-refractivity contribution < 1.29 is 4.39 Å². The lowest BCUT2D eigenvalue weighted by Gasteiger charge is -2.16. The molecule has 2 heterocycles. The van der Waals surface area contributed by atoms with Gasteiger partial charge >= 0.3 is 0 Å². The molecule has 6 heteroatoms. The Kier molecular flexibility index (Phi) is 7.64. The Bertz CT molecular complexity index is 2760. The Morgan fingerprint density at radius 1 is 0.442 bits per heavy atom. The number of fused-ring (bicyclic) bond motifs is 3. The second kappa shape index (κ2) is 12.9. The molecular weight excluding hydrogens is 642 g/mol. The van der Waals surface area contributed by atoms with Crippen molar-refractivity contribution in [3.05, 3.63) is 181 Å². The van der Waals surface area contributed by atoms with E-state index in [1.807, 2.05) is 115 Å². The number of nitrogens with zero attached hydrogens (tertiary/aromatic N) is 5. The van der Waals surface area contributed by atoms with Gasteiger partial charge in [0.05, 0.1) is 22.7 Å². The molecule has 244 valence electrons. The molecule has 0 saturated heterocycles. The zero-order valence-electron chi connectivity index (χ0n) is 27.8. The third kappa shape index (κ3) is 5.47. The van der Waals surface area contributed by atoms with E-state index in [4.69, 9.17) is 15.0 Å². The first kappa shape index (κ1) is 30.8. The highest BCUT2D eigenvalue weighted by atomic mass is 19.1. The van der Waals surface area contributed by atoms with Crippen LogP contribution in [0.5, 0.6) is 0 Å². The van der Waals surface area contributed by atoms with Crippen molar-refractivity contribution in [3.63, 3.8) is 0 Å². The van der Waals surface area contributed by atoms with Crippen LogP contribution >= 0.6 is 0 Å². The first-order valence-corrected chi connectivity index (χ1v) is 16.9. The summed E-state index contributed by atoms with van der Waals surface area (Å²) in [5.74, 6) is 1.15. The lowest BCUT2D eigenvalue weighted by atomic mass is 9.97. The van der Waals surface area contributed by atoms with Gasteiger partial charge in [0.15, 0.2) is 17.5 Å². The Hall–Kier alpha value is -7.23. The van der Waals surface area contributed by atoms with Gasteiger partial charge in [-0.05, 0) is 59.2 Å². The van der Waals surface area contributed by atoms with Crippen LogP contribution in [-0.2, 0) is 0 Å². The smallest absolute Gasteiger partial charge is 0.164 e. The summed E-state index contributed by atoms with van der Waals surface area (Å²) < 4.78 is 17.9. The van der Waals surface area contributed by atoms with Crippen molar-refractivity contribution in [1.29, 1.82) is 5.26 Å². The number of nitriles is 1. The largest absolute Gasteiger partial charge is 0.309 e. The molecule has 0 spiro atoms.